The molecule has 3 heterocycles. The van der Waals surface area contributed by atoms with Gasteiger partial charge in [0, 0.05) is 18.8 Å². The van der Waals surface area contributed by atoms with Crippen LogP contribution in [0.2, 0.25) is 0 Å². The number of carbonyl (C=O) groups excluding carboxylic acids is 7. The van der Waals surface area contributed by atoms with Crippen LogP contribution < -0.4 is 26.8 Å². The molecule has 318 valence electrons. The summed E-state index contributed by atoms with van der Waals surface area (Å²) in [4.78, 5) is 110. The Hall–Kier alpha value is -7.16. The number of hydrogen-bond donors (Lipinski definition) is 5. The third kappa shape index (κ3) is 13.5. The van der Waals surface area contributed by atoms with Gasteiger partial charge in [0.15, 0.2) is 11.2 Å². The summed E-state index contributed by atoms with van der Waals surface area (Å²) in [5.74, 6) is -4.46. The molecular formula is C39H44N8O13. The van der Waals surface area contributed by atoms with Crippen LogP contribution in [0, 0.1) is 5.92 Å². The standard InChI is InChI=1S/C39H44N8O13/c1-23(2)36(53)45-38-44-35-34(37(54)46-38)43-22-47(35)30-15-26(60-39(55)42-16-29(49)41-18-33(52)57-20-25-11-7-4-8-12-25)27(59-30)21-58-31(50)14-13-28(48)40-17-32(51)56-19-24-9-5-3-6-10-24/h3-12,22-23,26-27,30H,13-21H2,1-2H3,(H,40,48)(H,41,49)(H,42,55)(H2,44,45,46,53,54). The molecule has 0 bridgehead atoms. The van der Waals surface area contributed by atoms with Gasteiger partial charge in [-0.25, -0.2) is 9.78 Å². The van der Waals surface area contributed by atoms with Crippen LogP contribution in [-0.4, -0.2) is 99.7 Å². The number of H-pyrrole nitrogens is 1. The minimum atomic E-state index is -1.11. The Morgan fingerprint density at radius 3 is 2.03 bits per heavy atom. The molecule has 0 saturated carbocycles. The minimum absolute atomic E-state index is 0.0155. The molecule has 1 fully saturated rings. The summed E-state index contributed by atoms with van der Waals surface area (Å²) in [5.41, 5.74) is 0.832. The van der Waals surface area contributed by atoms with Crippen LogP contribution in [0.1, 0.15) is 50.5 Å². The van der Waals surface area contributed by atoms with E-state index in [4.69, 9.17) is 23.7 Å². The van der Waals surface area contributed by atoms with E-state index in [1.165, 1.54) is 10.9 Å². The van der Waals surface area contributed by atoms with Crippen LogP contribution >= 0.6 is 0 Å². The second-order valence-electron chi connectivity index (χ2n) is 13.6. The van der Waals surface area contributed by atoms with Crippen LogP contribution in [0.4, 0.5) is 10.7 Å². The van der Waals surface area contributed by atoms with Crippen LogP contribution in [0.3, 0.4) is 0 Å². The van der Waals surface area contributed by atoms with E-state index in [9.17, 15) is 38.4 Å². The average molecular weight is 833 g/mol. The Morgan fingerprint density at radius 1 is 0.800 bits per heavy atom. The maximum Gasteiger partial charge on any atom is 0.407 e. The molecule has 5 N–H and O–H groups in total. The van der Waals surface area contributed by atoms with Crippen molar-refractivity contribution in [3.8, 4) is 0 Å². The molecule has 3 atom stereocenters. The number of amides is 4. The lowest BCUT2D eigenvalue weighted by molar-refractivity contribution is -0.151. The fourth-order valence-corrected chi connectivity index (χ4v) is 5.47. The molecule has 2 aromatic heterocycles. The maximum absolute atomic E-state index is 12.9. The van der Waals surface area contributed by atoms with Crippen molar-refractivity contribution in [2.75, 3.05) is 31.6 Å². The number of rotatable bonds is 19. The molecule has 3 unspecified atom stereocenters. The van der Waals surface area contributed by atoms with Gasteiger partial charge in [0.05, 0.1) is 12.7 Å². The zero-order valence-electron chi connectivity index (χ0n) is 32.7. The lowest BCUT2D eigenvalue weighted by Crippen LogP contribution is -2.41. The molecule has 1 aliphatic heterocycles. The topological polar surface area (TPSA) is 277 Å². The number of alkyl carbamates (subject to hydrolysis) is 1. The van der Waals surface area contributed by atoms with Gasteiger partial charge in [-0.15, -0.1) is 0 Å². The van der Waals surface area contributed by atoms with E-state index in [0.29, 0.717) is 0 Å². The van der Waals surface area contributed by atoms with Gasteiger partial charge in [-0.2, -0.15) is 4.98 Å². The fourth-order valence-electron chi connectivity index (χ4n) is 5.47. The molecule has 4 aromatic rings. The van der Waals surface area contributed by atoms with Crippen LogP contribution in [0.25, 0.3) is 11.2 Å². The van der Waals surface area contributed by atoms with Gasteiger partial charge in [0.1, 0.15) is 57.9 Å². The zero-order chi connectivity index (χ0) is 43.0. The molecule has 5 rings (SSSR count). The Bertz CT molecular complexity index is 2210. The number of anilines is 1. The molecule has 60 heavy (non-hydrogen) atoms. The Morgan fingerprint density at radius 2 is 1.42 bits per heavy atom. The zero-order valence-corrected chi connectivity index (χ0v) is 32.7. The number of esters is 3. The molecular weight excluding hydrogens is 788 g/mol. The van der Waals surface area contributed by atoms with Gasteiger partial charge in [-0.1, -0.05) is 74.5 Å². The monoisotopic (exact) mass is 832 g/mol. The molecule has 0 aliphatic carbocycles. The molecule has 21 nitrogen and oxygen atoms in total. The summed E-state index contributed by atoms with van der Waals surface area (Å²) in [5, 5.41) is 9.52. The normalized spacial score (nSPS) is 15.8. The molecule has 4 amide bonds. The smallest absolute Gasteiger partial charge is 0.407 e. The fraction of sp³-hybridized carbons (Fsp3) is 0.385. The second-order valence-corrected chi connectivity index (χ2v) is 13.6. The quantitative estimate of drug-likeness (QED) is 0.0655. The summed E-state index contributed by atoms with van der Waals surface area (Å²) in [6, 6.07) is 17.9. The number of hydrogen-bond acceptors (Lipinski definition) is 15. The third-order valence-corrected chi connectivity index (χ3v) is 8.65. The summed E-state index contributed by atoms with van der Waals surface area (Å²) in [6.45, 7) is 1.48. The van der Waals surface area contributed by atoms with Gasteiger partial charge < -0.3 is 39.6 Å². The first-order valence-electron chi connectivity index (χ1n) is 18.8. The molecule has 0 spiro atoms. The van der Waals surface area contributed by atoms with Gasteiger partial charge in [0.2, 0.25) is 23.7 Å². The third-order valence-electron chi connectivity index (χ3n) is 8.65. The van der Waals surface area contributed by atoms with Crippen molar-refractivity contribution in [1.29, 1.82) is 0 Å². The number of ether oxygens (including phenoxy) is 5. The number of nitrogens with one attached hydrogen (secondary N) is 5. The number of carbonyl (C=O) groups is 7. The highest BCUT2D eigenvalue weighted by atomic mass is 16.6. The number of aromatic amines is 1. The van der Waals surface area contributed by atoms with Crippen molar-refractivity contribution in [2.24, 2.45) is 5.92 Å². The minimum Gasteiger partial charge on any atom is -0.463 e. The van der Waals surface area contributed by atoms with E-state index in [1.807, 2.05) is 12.1 Å². The molecule has 1 saturated heterocycles. The second kappa shape index (κ2) is 21.6. The highest BCUT2D eigenvalue weighted by Crippen LogP contribution is 2.33. The van der Waals surface area contributed by atoms with Crippen molar-refractivity contribution in [3.05, 3.63) is 88.5 Å². The lowest BCUT2D eigenvalue weighted by Gasteiger charge is -2.19. The van der Waals surface area contributed by atoms with Crippen molar-refractivity contribution in [2.45, 2.75) is 64.8 Å². The van der Waals surface area contributed by atoms with E-state index in [0.717, 1.165) is 11.1 Å². The molecule has 0 radical (unpaired) electrons. The van der Waals surface area contributed by atoms with Crippen LogP contribution in [-0.2, 0) is 65.7 Å². The van der Waals surface area contributed by atoms with Crippen molar-refractivity contribution in [1.82, 2.24) is 35.5 Å². The first-order valence-corrected chi connectivity index (χ1v) is 18.8. The Balaban J connectivity index is 1.15. The van der Waals surface area contributed by atoms with Gasteiger partial charge in [-0.3, -0.25) is 48.4 Å². The van der Waals surface area contributed by atoms with Crippen LogP contribution in [0.15, 0.2) is 71.8 Å². The lowest BCUT2D eigenvalue weighted by atomic mass is 10.2. The van der Waals surface area contributed by atoms with Crippen molar-refractivity contribution in [3.63, 3.8) is 0 Å². The number of aromatic nitrogens is 4. The number of benzene rings is 2. The first kappa shape index (κ1) is 44.0. The predicted molar refractivity (Wildman–Crippen MR) is 207 cm³/mol. The van der Waals surface area contributed by atoms with Crippen molar-refractivity contribution < 1.29 is 57.2 Å². The number of imidazole rings is 1. The number of fused-ring (bicyclic) bond motifs is 1. The maximum atomic E-state index is 12.9. The van der Waals surface area contributed by atoms with Gasteiger partial charge >= 0.3 is 24.0 Å². The Labute approximate surface area is 341 Å². The summed E-state index contributed by atoms with van der Waals surface area (Å²) < 4.78 is 28.6. The van der Waals surface area contributed by atoms with Gasteiger partial charge in [0.25, 0.3) is 5.56 Å². The molecule has 2 aromatic carbocycles. The summed E-state index contributed by atoms with van der Waals surface area (Å²) in [7, 11) is 0. The number of nitrogens with zero attached hydrogens (tertiary/aromatic N) is 3. The van der Waals surface area contributed by atoms with E-state index in [2.05, 4.69) is 36.2 Å². The Kier molecular flexibility index (Phi) is 15.8. The largest absolute Gasteiger partial charge is 0.463 e. The van der Waals surface area contributed by atoms with E-state index >= 15 is 0 Å². The molecule has 1 aliphatic rings. The van der Waals surface area contributed by atoms with Gasteiger partial charge in [-0.05, 0) is 11.1 Å². The van der Waals surface area contributed by atoms with E-state index in [-0.39, 0.29) is 49.6 Å². The average Bonchev–Trinajstić information content (AvgIpc) is 3.85. The summed E-state index contributed by atoms with van der Waals surface area (Å²) in [6.07, 6.45) is -3.75. The van der Waals surface area contributed by atoms with Crippen LogP contribution in [0.5, 0.6) is 0 Å². The molecule has 21 heteroatoms. The predicted octanol–water partition coefficient (Wildman–Crippen LogP) is 1.14. The van der Waals surface area contributed by atoms with E-state index < -0.39 is 97.9 Å². The van der Waals surface area contributed by atoms with Crippen molar-refractivity contribution >= 4 is 58.8 Å². The highest BCUT2D eigenvalue weighted by Gasteiger charge is 2.41. The first-order chi connectivity index (χ1) is 28.8. The summed E-state index contributed by atoms with van der Waals surface area (Å²) >= 11 is 0. The SMILES string of the molecule is CC(C)C(=O)Nc1nc2c(ncn2C2CC(OC(=O)NCC(=O)NCC(=O)OCc3ccccc3)C(COC(=O)CCC(=O)NCC(=O)OCc3ccccc3)O2)c(=O)[nH]1. The van der Waals surface area contributed by atoms with E-state index in [1.54, 1.807) is 62.4 Å². The highest BCUT2D eigenvalue weighted by molar-refractivity contribution is 5.91.